The number of nitrogens with zero attached hydrogens (tertiary/aromatic N) is 2. The van der Waals surface area contributed by atoms with Crippen LogP contribution in [0.15, 0.2) is 18.2 Å². The molecule has 23 heavy (non-hydrogen) atoms. The Kier molecular flexibility index (Phi) is 7.52. The molecule has 0 aliphatic carbocycles. The van der Waals surface area contributed by atoms with Gasteiger partial charge in [0.2, 0.25) is 0 Å². The summed E-state index contributed by atoms with van der Waals surface area (Å²) in [5.41, 5.74) is 0.674. The molecule has 0 fully saturated rings. The third kappa shape index (κ3) is 5.55. The van der Waals surface area contributed by atoms with Gasteiger partial charge in [-0.1, -0.05) is 25.4 Å². The van der Waals surface area contributed by atoms with Crippen LogP contribution < -0.4 is 10.6 Å². The number of amides is 2. The number of likely N-dealkylation sites (N-methyl/N-ethyl adjacent to an activating group) is 1. The number of hydrogen-bond acceptors (Lipinski definition) is 4. The Hall–Kier alpha value is -2.10. The van der Waals surface area contributed by atoms with Crippen LogP contribution in [0.3, 0.4) is 0 Å². The number of carbonyl (C=O) groups excluding carboxylic acids is 2. The average molecular weight is 337 g/mol. The number of nitriles is 1. The first-order valence-electron chi connectivity index (χ1n) is 7.45. The maximum absolute atomic E-state index is 11.9. The van der Waals surface area contributed by atoms with E-state index in [1.165, 1.54) is 18.2 Å². The number of nitrogens with one attached hydrogen (secondary N) is 2. The van der Waals surface area contributed by atoms with Crippen molar-refractivity contribution in [3.63, 3.8) is 0 Å². The van der Waals surface area contributed by atoms with Crippen LogP contribution in [0.4, 0.5) is 5.69 Å². The zero-order valence-electron chi connectivity index (χ0n) is 13.5. The summed E-state index contributed by atoms with van der Waals surface area (Å²) in [4.78, 5) is 25.9. The Balaban J connectivity index is 2.56. The van der Waals surface area contributed by atoms with Crippen LogP contribution in [0.1, 0.15) is 26.3 Å². The summed E-state index contributed by atoms with van der Waals surface area (Å²) >= 11 is 5.88. The first kappa shape index (κ1) is 18.9. The fourth-order valence-electron chi connectivity index (χ4n) is 2.17. The summed E-state index contributed by atoms with van der Waals surface area (Å²) in [6.07, 6.45) is 0. The molecule has 0 saturated heterocycles. The van der Waals surface area contributed by atoms with E-state index in [1.807, 2.05) is 26.8 Å². The molecule has 2 amide bonds. The van der Waals surface area contributed by atoms with Crippen LogP contribution in [0.25, 0.3) is 0 Å². The molecule has 0 saturated carbocycles. The van der Waals surface area contributed by atoms with Crippen LogP contribution in [0.2, 0.25) is 5.02 Å². The smallest absolute Gasteiger partial charge is 0.313 e. The minimum Gasteiger partial charge on any atom is -0.346 e. The fraction of sp³-hybridized carbons (Fsp3) is 0.438. The minimum atomic E-state index is -0.766. The molecule has 0 aliphatic heterocycles. The van der Waals surface area contributed by atoms with E-state index in [9.17, 15) is 9.59 Å². The number of hydrogen-bond donors (Lipinski definition) is 2. The predicted molar refractivity (Wildman–Crippen MR) is 90.2 cm³/mol. The lowest BCUT2D eigenvalue weighted by atomic mass is 10.2. The molecule has 1 atom stereocenters. The number of carbonyl (C=O) groups is 2. The van der Waals surface area contributed by atoms with Gasteiger partial charge in [-0.15, -0.1) is 0 Å². The van der Waals surface area contributed by atoms with E-state index in [4.69, 9.17) is 16.9 Å². The van der Waals surface area contributed by atoms with Gasteiger partial charge in [0.25, 0.3) is 0 Å². The highest BCUT2D eigenvalue weighted by atomic mass is 35.5. The van der Waals surface area contributed by atoms with Crippen LogP contribution >= 0.6 is 11.6 Å². The summed E-state index contributed by atoms with van der Waals surface area (Å²) in [6, 6.07) is 6.51. The van der Waals surface area contributed by atoms with Gasteiger partial charge in [0.05, 0.1) is 10.6 Å². The van der Waals surface area contributed by atoms with Crippen molar-refractivity contribution in [2.24, 2.45) is 0 Å². The van der Waals surface area contributed by atoms with Crippen molar-refractivity contribution in [1.29, 1.82) is 5.26 Å². The molecular formula is C16H21ClN4O2. The van der Waals surface area contributed by atoms with E-state index in [1.54, 1.807) is 0 Å². The molecule has 6 nitrogen and oxygen atoms in total. The summed E-state index contributed by atoms with van der Waals surface area (Å²) < 4.78 is 0. The van der Waals surface area contributed by atoms with E-state index >= 15 is 0 Å². The molecule has 7 heteroatoms. The van der Waals surface area contributed by atoms with Crippen molar-refractivity contribution in [1.82, 2.24) is 10.2 Å². The topological polar surface area (TPSA) is 85.2 Å². The molecule has 1 rings (SSSR count). The van der Waals surface area contributed by atoms with Gasteiger partial charge >= 0.3 is 11.8 Å². The minimum absolute atomic E-state index is 0.145. The maximum Gasteiger partial charge on any atom is 0.313 e. The van der Waals surface area contributed by atoms with Crippen LogP contribution in [-0.4, -0.2) is 42.4 Å². The van der Waals surface area contributed by atoms with Gasteiger partial charge in [0, 0.05) is 18.3 Å². The highest BCUT2D eigenvalue weighted by molar-refractivity contribution is 6.40. The van der Waals surface area contributed by atoms with Crippen LogP contribution in [0.5, 0.6) is 0 Å². The Labute approximate surface area is 141 Å². The summed E-state index contributed by atoms with van der Waals surface area (Å²) in [7, 11) is 0. The van der Waals surface area contributed by atoms with Crippen molar-refractivity contribution < 1.29 is 9.59 Å². The second-order valence-electron chi connectivity index (χ2n) is 5.04. The molecule has 0 heterocycles. The van der Waals surface area contributed by atoms with Gasteiger partial charge in [-0.3, -0.25) is 14.5 Å². The van der Waals surface area contributed by atoms with Gasteiger partial charge in [-0.2, -0.15) is 5.26 Å². The number of anilines is 1. The molecule has 0 radical (unpaired) electrons. The Morgan fingerprint density at radius 3 is 2.48 bits per heavy atom. The monoisotopic (exact) mass is 336 g/mol. The van der Waals surface area contributed by atoms with Gasteiger partial charge < -0.3 is 10.6 Å². The molecule has 0 aliphatic rings. The van der Waals surface area contributed by atoms with E-state index in [2.05, 4.69) is 15.5 Å². The van der Waals surface area contributed by atoms with Crippen molar-refractivity contribution >= 4 is 29.1 Å². The molecule has 124 valence electrons. The number of benzene rings is 1. The third-order valence-corrected chi connectivity index (χ3v) is 3.86. The first-order valence-corrected chi connectivity index (χ1v) is 7.83. The number of rotatable bonds is 6. The van der Waals surface area contributed by atoms with Crippen LogP contribution in [-0.2, 0) is 9.59 Å². The zero-order chi connectivity index (χ0) is 17.4. The zero-order valence-corrected chi connectivity index (χ0v) is 14.3. The number of halogens is 1. The third-order valence-electron chi connectivity index (χ3n) is 3.55. The van der Waals surface area contributed by atoms with Gasteiger partial charge in [0.1, 0.15) is 6.07 Å². The SMILES string of the molecule is CCN(CC)C(C)CNC(=O)C(=O)Nc1ccc(C#N)c(Cl)c1. The summed E-state index contributed by atoms with van der Waals surface area (Å²) in [5.74, 6) is -1.47. The summed E-state index contributed by atoms with van der Waals surface area (Å²) in [5, 5.41) is 14.1. The van der Waals surface area contributed by atoms with Crippen molar-refractivity contribution in [3.8, 4) is 6.07 Å². The van der Waals surface area contributed by atoms with Gasteiger partial charge in [-0.05, 0) is 38.2 Å². The standard InChI is InChI=1S/C16H21ClN4O2/c1-4-21(5-2)11(3)10-19-15(22)16(23)20-13-7-6-12(9-18)14(17)8-13/h6-8,11H,4-5,10H2,1-3H3,(H,19,22)(H,20,23). The van der Waals surface area contributed by atoms with Crippen molar-refractivity contribution in [3.05, 3.63) is 28.8 Å². The Morgan fingerprint density at radius 2 is 1.96 bits per heavy atom. The van der Waals surface area contributed by atoms with Gasteiger partial charge in [-0.25, -0.2) is 0 Å². The molecule has 0 spiro atoms. The summed E-state index contributed by atoms with van der Waals surface area (Å²) in [6.45, 7) is 8.23. The molecular weight excluding hydrogens is 316 g/mol. The average Bonchev–Trinajstić information content (AvgIpc) is 2.53. The maximum atomic E-state index is 11.9. The molecule has 1 aromatic carbocycles. The van der Waals surface area contributed by atoms with E-state index < -0.39 is 11.8 Å². The van der Waals surface area contributed by atoms with E-state index in [0.29, 0.717) is 17.8 Å². The molecule has 1 unspecified atom stereocenters. The second kappa shape index (κ2) is 9.13. The first-order chi connectivity index (χ1) is 10.9. The van der Waals surface area contributed by atoms with Crippen molar-refractivity contribution in [2.75, 3.05) is 25.0 Å². The van der Waals surface area contributed by atoms with Gasteiger partial charge in [0.15, 0.2) is 0 Å². The fourth-order valence-corrected chi connectivity index (χ4v) is 2.39. The highest BCUT2D eigenvalue weighted by Gasteiger charge is 2.17. The lowest BCUT2D eigenvalue weighted by Crippen LogP contribution is -2.44. The molecule has 2 N–H and O–H groups in total. The largest absolute Gasteiger partial charge is 0.346 e. The highest BCUT2D eigenvalue weighted by Crippen LogP contribution is 2.20. The van der Waals surface area contributed by atoms with E-state index in [-0.39, 0.29) is 11.1 Å². The predicted octanol–water partition coefficient (Wildman–Crippen LogP) is 2.00. The second-order valence-corrected chi connectivity index (χ2v) is 5.45. The Morgan fingerprint density at radius 1 is 1.30 bits per heavy atom. The molecule has 0 bridgehead atoms. The lowest BCUT2D eigenvalue weighted by molar-refractivity contribution is -0.136. The Bertz CT molecular complexity index is 609. The molecule has 0 aromatic heterocycles. The van der Waals surface area contributed by atoms with Crippen molar-refractivity contribution in [2.45, 2.75) is 26.8 Å². The lowest BCUT2D eigenvalue weighted by Gasteiger charge is -2.26. The van der Waals surface area contributed by atoms with E-state index in [0.717, 1.165) is 13.1 Å². The quantitative estimate of drug-likeness (QED) is 0.778. The molecule has 1 aromatic rings. The van der Waals surface area contributed by atoms with Crippen LogP contribution in [0, 0.1) is 11.3 Å². The normalized spacial score (nSPS) is 11.7.